The van der Waals surface area contributed by atoms with Crippen molar-refractivity contribution in [2.24, 2.45) is 0 Å². The molecule has 0 bridgehead atoms. The molecule has 152 valence electrons. The van der Waals surface area contributed by atoms with E-state index in [-0.39, 0.29) is 11.7 Å². The van der Waals surface area contributed by atoms with E-state index in [1.165, 1.54) is 31.4 Å². The molecule has 5 rings (SSSR count). The second kappa shape index (κ2) is 7.71. The Labute approximate surface area is 170 Å². The van der Waals surface area contributed by atoms with E-state index in [4.69, 9.17) is 0 Å². The standard InChI is InChI=1S/C22H26FN5O/c23-17-4-1-3-16(13-17)22(29)28-8-7-19-20(14-28)24-15-25-21(19)27-11-9-26(10-12-27)18-5-2-6-18/h1,3-4,13,15,18H,2,5-12,14H2. The molecule has 1 aromatic carbocycles. The Kier molecular flexibility index (Phi) is 4.91. The average Bonchev–Trinajstić information content (AvgIpc) is 2.72. The van der Waals surface area contributed by atoms with E-state index < -0.39 is 0 Å². The van der Waals surface area contributed by atoms with Crippen LogP contribution in [0.2, 0.25) is 0 Å². The van der Waals surface area contributed by atoms with Crippen molar-refractivity contribution in [3.63, 3.8) is 0 Å². The van der Waals surface area contributed by atoms with E-state index >= 15 is 0 Å². The molecule has 7 heteroatoms. The Hall–Kier alpha value is -2.54. The highest BCUT2D eigenvalue weighted by atomic mass is 19.1. The van der Waals surface area contributed by atoms with E-state index in [2.05, 4.69) is 19.8 Å². The summed E-state index contributed by atoms with van der Waals surface area (Å²) in [6.07, 6.45) is 6.41. The van der Waals surface area contributed by atoms with Crippen molar-refractivity contribution in [3.8, 4) is 0 Å². The first-order chi connectivity index (χ1) is 14.2. The van der Waals surface area contributed by atoms with E-state index in [9.17, 15) is 9.18 Å². The lowest BCUT2D eigenvalue weighted by molar-refractivity contribution is 0.0731. The van der Waals surface area contributed by atoms with Gasteiger partial charge in [0, 0.05) is 49.9 Å². The maximum absolute atomic E-state index is 13.5. The first-order valence-corrected chi connectivity index (χ1v) is 10.6. The molecule has 0 atom stereocenters. The third-order valence-electron chi connectivity index (χ3n) is 6.55. The van der Waals surface area contributed by atoms with Crippen LogP contribution in [0.4, 0.5) is 10.2 Å². The predicted molar refractivity (Wildman–Crippen MR) is 108 cm³/mol. The van der Waals surface area contributed by atoms with Gasteiger partial charge >= 0.3 is 0 Å². The number of hydrogen-bond donors (Lipinski definition) is 0. The summed E-state index contributed by atoms with van der Waals surface area (Å²) in [7, 11) is 0. The minimum absolute atomic E-state index is 0.149. The average molecular weight is 395 g/mol. The van der Waals surface area contributed by atoms with Crippen LogP contribution in [-0.2, 0) is 13.0 Å². The first-order valence-electron chi connectivity index (χ1n) is 10.6. The monoisotopic (exact) mass is 395 g/mol. The van der Waals surface area contributed by atoms with Crippen LogP contribution in [0.3, 0.4) is 0 Å². The number of aromatic nitrogens is 2. The molecule has 3 aliphatic rings. The van der Waals surface area contributed by atoms with Crippen LogP contribution in [0.5, 0.6) is 0 Å². The number of piperazine rings is 1. The van der Waals surface area contributed by atoms with E-state index in [1.54, 1.807) is 23.4 Å². The highest BCUT2D eigenvalue weighted by Gasteiger charge is 2.31. The number of benzene rings is 1. The first kappa shape index (κ1) is 18.5. The zero-order valence-corrected chi connectivity index (χ0v) is 16.6. The maximum Gasteiger partial charge on any atom is 0.254 e. The highest BCUT2D eigenvalue weighted by molar-refractivity contribution is 5.94. The minimum atomic E-state index is -0.390. The lowest BCUT2D eigenvalue weighted by Crippen LogP contribution is -2.52. The van der Waals surface area contributed by atoms with Gasteiger partial charge in [0.05, 0.1) is 12.2 Å². The fourth-order valence-electron chi connectivity index (χ4n) is 4.64. The lowest BCUT2D eigenvalue weighted by atomic mass is 9.91. The summed E-state index contributed by atoms with van der Waals surface area (Å²) >= 11 is 0. The van der Waals surface area contributed by atoms with Gasteiger partial charge in [-0.15, -0.1) is 0 Å². The van der Waals surface area contributed by atoms with Crippen LogP contribution in [0.15, 0.2) is 30.6 Å². The van der Waals surface area contributed by atoms with Crippen molar-refractivity contribution in [2.45, 2.75) is 38.3 Å². The molecule has 0 spiro atoms. The number of anilines is 1. The van der Waals surface area contributed by atoms with Gasteiger partial charge in [-0.1, -0.05) is 12.5 Å². The van der Waals surface area contributed by atoms with E-state index in [0.29, 0.717) is 18.7 Å². The Bertz CT molecular complexity index is 908. The summed E-state index contributed by atoms with van der Waals surface area (Å²) < 4.78 is 13.5. The zero-order chi connectivity index (χ0) is 19.8. The third-order valence-corrected chi connectivity index (χ3v) is 6.55. The molecule has 2 fully saturated rings. The van der Waals surface area contributed by atoms with Gasteiger partial charge in [-0.3, -0.25) is 9.69 Å². The molecule has 2 aromatic rings. The van der Waals surface area contributed by atoms with Crippen LogP contribution < -0.4 is 4.90 Å². The number of carbonyl (C=O) groups is 1. The molecule has 1 saturated carbocycles. The van der Waals surface area contributed by atoms with E-state index in [1.807, 2.05) is 0 Å². The van der Waals surface area contributed by atoms with Crippen LogP contribution in [0, 0.1) is 5.82 Å². The number of amides is 1. The van der Waals surface area contributed by atoms with Crippen molar-refractivity contribution in [2.75, 3.05) is 37.6 Å². The molecule has 3 heterocycles. The zero-order valence-electron chi connectivity index (χ0n) is 16.6. The van der Waals surface area contributed by atoms with Crippen molar-refractivity contribution >= 4 is 11.7 Å². The highest BCUT2D eigenvalue weighted by Crippen LogP contribution is 2.29. The molecule has 0 N–H and O–H groups in total. The van der Waals surface area contributed by atoms with Gasteiger partial charge in [0.25, 0.3) is 5.91 Å². The smallest absolute Gasteiger partial charge is 0.254 e. The van der Waals surface area contributed by atoms with Crippen molar-refractivity contribution in [3.05, 3.63) is 53.2 Å². The number of halogens is 1. The summed E-state index contributed by atoms with van der Waals surface area (Å²) in [5.41, 5.74) is 2.45. The van der Waals surface area contributed by atoms with E-state index in [0.717, 1.165) is 55.7 Å². The van der Waals surface area contributed by atoms with Crippen LogP contribution >= 0.6 is 0 Å². The van der Waals surface area contributed by atoms with Gasteiger partial charge in [-0.25, -0.2) is 14.4 Å². The fourth-order valence-corrected chi connectivity index (χ4v) is 4.64. The largest absolute Gasteiger partial charge is 0.354 e. The summed E-state index contributed by atoms with van der Waals surface area (Å²) in [5, 5.41) is 0. The van der Waals surface area contributed by atoms with Gasteiger partial charge in [0.15, 0.2) is 0 Å². The molecule has 6 nitrogen and oxygen atoms in total. The van der Waals surface area contributed by atoms with Gasteiger partial charge in [0.2, 0.25) is 0 Å². The second-order valence-electron chi connectivity index (χ2n) is 8.22. The number of hydrogen-bond acceptors (Lipinski definition) is 5. The van der Waals surface area contributed by atoms with Crippen LogP contribution in [0.25, 0.3) is 0 Å². The number of carbonyl (C=O) groups excluding carboxylic acids is 1. The van der Waals surface area contributed by atoms with Crippen LogP contribution in [-0.4, -0.2) is 64.4 Å². The lowest BCUT2D eigenvalue weighted by Gasteiger charge is -2.43. The third kappa shape index (κ3) is 3.59. The van der Waals surface area contributed by atoms with Gasteiger partial charge in [0.1, 0.15) is 18.0 Å². The van der Waals surface area contributed by atoms with Crippen LogP contribution in [0.1, 0.15) is 40.9 Å². The number of nitrogens with zero attached hydrogens (tertiary/aromatic N) is 5. The summed E-state index contributed by atoms with van der Waals surface area (Å²) in [6, 6.07) is 6.67. The SMILES string of the molecule is O=C(c1cccc(F)c1)N1CCc2c(ncnc2N2CCN(C3CCC3)CC2)C1. The molecular formula is C22H26FN5O. The quantitative estimate of drug-likeness (QED) is 0.799. The molecule has 1 aromatic heterocycles. The fraction of sp³-hybridized carbons (Fsp3) is 0.500. The van der Waals surface area contributed by atoms with Gasteiger partial charge < -0.3 is 9.80 Å². The maximum atomic E-state index is 13.5. The predicted octanol–water partition coefficient (Wildman–Crippen LogP) is 2.49. The summed E-state index contributed by atoms with van der Waals surface area (Å²) in [4.78, 5) is 28.6. The number of rotatable bonds is 3. The molecule has 0 unspecified atom stereocenters. The minimum Gasteiger partial charge on any atom is -0.354 e. The van der Waals surface area contributed by atoms with Gasteiger partial charge in [-0.05, 0) is 37.5 Å². The molecule has 1 aliphatic carbocycles. The molecule has 0 radical (unpaired) electrons. The Morgan fingerprint density at radius 1 is 1.07 bits per heavy atom. The van der Waals surface area contributed by atoms with Crippen molar-refractivity contribution < 1.29 is 9.18 Å². The molecule has 29 heavy (non-hydrogen) atoms. The molecule has 1 saturated heterocycles. The molecule has 1 amide bonds. The van der Waals surface area contributed by atoms with Gasteiger partial charge in [-0.2, -0.15) is 0 Å². The van der Waals surface area contributed by atoms with Crippen molar-refractivity contribution in [1.29, 1.82) is 0 Å². The summed E-state index contributed by atoms with van der Waals surface area (Å²) in [6.45, 7) is 5.21. The Balaban J connectivity index is 1.30. The topological polar surface area (TPSA) is 52.6 Å². The number of fused-ring (bicyclic) bond motifs is 1. The molecular weight excluding hydrogens is 369 g/mol. The second-order valence-corrected chi connectivity index (χ2v) is 8.22. The Morgan fingerprint density at radius 3 is 2.62 bits per heavy atom. The Morgan fingerprint density at radius 2 is 1.90 bits per heavy atom. The molecule has 2 aliphatic heterocycles. The summed E-state index contributed by atoms with van der Waals surface area (Å²) in [5.74, 6) is 0.490. The van der Waals surface area contributed by atoms with Crippen molar-refractivity contribution in [1.82, 2.24) is 19.8 Å². The normalized spacial score (nSPS) is 20.3.